The molecule has 29 heavy (non-hydrogen) atoms. The Labute approximate surface area is 173 Å². The fourth-order valence-electron chi connectivity index (χ4n) is 4.09. The van der Waals surface area contributed by atoms with Crippen LogP contribution in [0.2, 0.25) is 0 Å². The molecule has 1 aromatic heterocycles. The highest BCUT2D eigenvalue weighted by Crippen LogP contribution is 2.37. The van der Waals surface area contributed by atoms with Gasteiger partial charge >= 0.3 is 0 Å². The minimum Gasteiger partial charge on any atom is -0.497 e. The monoisotopic (exact) mass is 396 g/mol. The summed E-state index contributed by atoms with van der Waals surface area (Å²) >= 11 is 0. The molecule has 0 radical (unpaired) electrons. The van der Waals surface area contributed by atoms with E-state index in [0.717, 1.165) is 56.3 Å². The summed E-state index contributed by atoms with van der Waals surface area (Å²) in [6, 6.07) is 14.0. The largest absolute Gasteiger partial charge is 0.497 e. The number of hydrogen-bond donors (Lipinski definition) is 1. The molecule has 5 heteroatoms. The highest BCUT2D eigenvalue weighted by Gasteiger charge is 2.39. The Morgan fingerprint density at radius 1 is 1.03 bits per heavy atom. The molecule has 0 saturated heterocycles. The van der Waals surface area contributed by atoms with Gasteiger partial charge in [0, 0.05) is 36.6 Å². The summed E-state index contributed by atoms with van der Waals surface area (Å²) in [6.45, 7) is 0.282. The molecule has 5 nitrogen and oxygen atoms in total. The summed E-state index contributed by atoms with van der Waals surface area (Å²) in [6.07, 6.45) is 11.0. The summed E-state index contributed by atoms with van der Waals surface area (Å²) in [5.41, 5.74) is 0.730. The van der Waals surface area contributed by atoms with Gasteiger partial charge in [-0.3, -0.25) is 9.78 Å². The number of carbonyl (C=O) groups excluding carboxylic acids is 1. The fraction of sp³-hybridized carbons (Fsp3) is 0.500. The summed E-state index contributed by atoms with van der Waals surface area (Å²) in [5, 5.41) is 9.10. The zero-order chi connectivity index (χ0) is 20.5. The van der Waals surface area contributed by atoms with Crippen molar-refractivity contribution in [3.8, 4) is 5.75 Å². The smallest absolute Gasteiger partial charge is 0.254 e. The van der Waals surface area contributed by atoms with E-state index in [1.807, 2.05) is 42.5 Å². The summed E-state index contributed by atoms with van der Waals surface area (Å²) < 4.78 is 5.25. The molecule has 2 fully saturated rings. The van der Waals surface area contributed by atoms with Crippen LogP contribution in [0.1, 0.15) is 55.3 Å². The molecule has 4 rings (SSSR count). The Hall–Kier alpha value is -2.40. The number of benzene rings is 1. The third-order valence-corrected chi connectivity index (χ3v) is 5.80. The van der Waals surface area contributed by atoms with Gasteiger partial charge in [0.15, 0.2) is 0 Å². The average Bonchev–Trinajstić information content (AvgIpc) is 3.62. The van der Waals surface area contributed by atoms with Crippen LogP contribution >= 0.6 is 0 Å². The number of aliphatic hydroxyl groups excluding tert-OH is 1. The molecule has 2 saturated carbocycles. The Balaban J connectivity index is 0.000000343. The lowest BCUT2D eigenvalue weighted by Gasteiger charge is -2.37. The Kier molecular flexibility index (Phi) is 8.05. The number of carbonyl (C=O) groups is 1. The van der Waals surface area contributed by atoms with Gasteiger partial charge in [0.25, 0.3) is 5.91 Å². The van der Waals surface area contributed by atoms with Crippen LogP contribution in [0.4, 0.5) is 0 Å². The number of methoxy groups -OCH3 is 1. The predicted molar refractivity (Wildman–Crippen MR) is 114 cm³/mol. The molecule has 0 spiro atoms. The van der Waals surface area contributed by atoms with E-state index in [1.165, 1.54) is 0 Å². The molecule has 1 amide bonds. The normalized spacial score (nSPS) is 20.9. The van der Waals surface area contributed by atoms with Crippen LogP contribution in [0, 0.1) is 5.92 Å². The van der Waals surface area contributed by atoms with Gasteiger partial charge < -0.3 is 14.7 Å². The molecular formula is C24H32N2O3. The van der Waals surface area contributed by atoms with Crippen LogP contribution in [0.3, 0.4) is 0 Å². The SMILES string of the molecule is COc1cccc(C(=O)N(C2CCC(CCO)CC2)C2CC2)c1.c1ccncc1. The number of amides is 1. The molecule has 2 aliphatic rings. The van der Waals surface area contributed by atoms with Crippen molar-refractivity contribution < 1.29 is 14.6 Å². The van der Waals surface area contributed by atoms with E-state index in [-0.39, 0.29) is 12.5 Å². The Morgan fingerprint density at radius 2 is 1.69 bits per heavy atom. The van der Waals surface area contributed by atoms with Gasteiger partial charge in [-0.25, -0.2) is 0 Å². The van der Waals surface area contributed by atoms with Crippen molar-refractivity contribution in [1.29, 1.82) is 0 Å². The van der Waals surface area contributed by atoms with Gasteiger partial charge in [-0.2, -0.15) is 0 Å². The minimum absolute atomic E-state index is 0.150. The molecule has 1 aromatic carbocycles. The van der Waals surface area contributed by atoms with Crippen LogP contribution in [-0.2, 0) is 0 Å². The summed E-state index contributed by atoms with van der Waals surface area (Å²) in [4.78, 5) is 19.0. The lowest BCUT2D eigenvalue weighted by atomic mass is 9.83. The van der Waals surface area contributed by atoms with Crippen molar-refractivity contribution in [2.75, 3.05) is 13.7 Å². The van der Waals surface area contributed by atoms with E-state index in [0.29, 0.717) is 18.0 Å². The van der Waals surface area contributed by atoms with Crippen molar-refractivity contribution in [1.82, 2.24) is 9.88 Å². The average molecular weight is 397 g/mol. The van der Waals surface area contributed by atoms with Crippen molar-refractivity contribution in [2.45, 2.75) is 57.0 Å². The molecule has 1 N–H and O–H groups in total. The maximum absolute atomic E-state index is 13.0. The van der Waals surface area contributed by atoms with Crippen LogP contribution in [-0.4, -0.2) is 46.7 Å². The maximum Gasteiger partial charge on any atom is 0.254 e. The predicted octanol–water partition coefficient (Wildman–Crippen LogP) is 4.32. The van der Waals surface area contributed by atoms with Crippen molar-refractivity contribution >= 4 is 5.91 Å². The van der Waals surface area contributed by atoms with Gasteiger partial charge in [-0.05, 0) is 81.2 Å². The second-order valence-electron chi connectivity index (χ2n) is 7.89. The third kappa shape index (κ3) is 6.29. The molecule has 0 unspecified atom stereocenters. The Morgan fingerprint density at radius 3 is 2.17 bits per heavy atom. The lowest BCUT2D eigenvalue weighted by Crippen LogP contribution is -2.44. The summed E-state index contributed by atoms with van der Waals surface area (Å²) in [5.74, 6) is 1.51. The van der Waals surface area contributed by atoms with Crippen LogP contribution < -0.4 is 4.74 Å². The third-order valence-electron chi connectivity index (χ3n) is 5.80. The van der Waals surface area contributed by atoms with E-state index in [2.05, 4.69) is 9.88 Å². The first-order valence-electron chi connectivity index (χ1n) is 10.7. The molecule has 0 bridgehead atoms. The standard InChI is InChI=1S/C19H27NO3.C5H5N/c1-23-18-4-2-3-15(13-18)19(22)20(17-9-10-17)16-7-5-14(6-8-16)11-12-21;1-2-4-6-5-3-1/h2-4,13-14,16-17,21H,5-12H2,1H3;1-5H. The molecule has 156 valence electrons. The van der Waals surface area contributed by atoms with Crippen molar-refractivity contribution in [2.24, 2.45) is 5.92 Å². The molecule has 2 aromatic rings. The first-order valence-corrected chi connectivity index (χ1v) is 10.7. The van der Waals surface area contributed by atoms with Crippen molar-refractivity contribution in [3.05, 3.63) is 60.4 Å². The zero-order valence-electron chi connectivity index (χ0n) is 17.2. The van der Waals surface area contributed by atoms with E-state index in [9.17, 15) is 4.79 Å². The van der Waals surface area contributed by atoms with Crippen LogP contribution in [0.5, 0.6) is 5.75 Å². The second kappa shape index (κ2) is 11.0. The van der Waals surface area contributed by atoms with E-state index in [4.69, 9.17) is 9.84 Å². The van der Waals surface area contributed by atoms with E-state index in [1.54, 1.807) is 19.5 Å². The first-order chi connectivity index (χ1) is 14.2. The van der Waals surface area contributed by atoms with Gasteiger partial charge in [-0.15, -0.1) is 0 Å². The quantitative estimate of drug-likeness (QED) is 0.790. The topological polar surface area (TPSA) is 62.7 Å². The van der Waals surface area contributed by atoms with E-state index >= 15 is 0 Å². The second-order valence-corrected chi connectivity index (χ2v) is 7.89. The number of nitrogens with zero attached hydrogens (tertiary/aromatic N) is 2. The number of pyridine rings is 1. The molecular weight excluding hydrogens is 364 g/mol. The number of aliphatic hydroxyl groups is 1. The first kappa shape index (κ1) is 21.3. The number of hydrogen-bond acceptors (Lipinski definition) is 4. The fourth-order valence-corrected chi connectivity index (χ4v) is 4.09. The van der Waals surface area contributed by atoms with Crippen LogP contribution in [0.25, 0.3) is 0 Å². The maximum atomic E-state index is 13.0. The van der Waals surface area contributed by atoms with Gasteiger partial charge in [-0.1, -0.05) is 12.1 Å². The minimum atomic E-state index is 0.150. The van der Waals surface area contributed by atoms with E-state index < -0.39 is 0 Å². The zero-order valence-corrected chi connectivity index (χ0v) is 17.2. The molecule has 0 atom stereocenters. The van der Waals surface area contributed by atoms with Gasteiger partial charge in [0.1, 0.15) is 5.75 Å². The molecule has 2 aliphatic carbocycles. The number of aromatic nitrogens is 1. The molecule has 0 aliphatic heterocycles. The van der Waals surface area contributed by atoms with Crippen molar-refractivity contribution in [3.63, 3.8) is 0 Å². The summed E-state index contributed by atoms with van der Waals surface area (Å²) in [7, 11) is 1.63. The molecule has 1 heterocycles. The van der Waals surface area contributed by atoms with Gasteiger partial charge in [0.2, 0.25) is 0 Å². The highest BCUT2D eigenvalue weighted by molar-refractivity contribution is 5.95. The lowest BCUT2D eigenvalue weighted by molar-refractivity contribution is 0.0578. The van der Waals surface area contributed by atoms with Gasteiger partial charge in [0.05, 0.1) is 7.11 Å². The number of rotatable bonds is 6. The van der Waals surface area contributed by atoms with Crippen LogP contribution in [0.15, 0.2) is 54.9 Å². The highest BCUT2D eigenvalue weighted by atomic mass is 16.5. The Bertz CT molecular complexity index is 714. The number of ether oxygens (including phenoxy) is 1.